The van der Waals surface area contributed by atoms with Crippen molar-refractivity contribution < 1.29 is 23.8 Å². The highest BCUT2D eigenvalue weighted by Gasteiger charge is 2.42. The lowest BCUT2D eigenvalue weighted by atomic mass is 9.73. The number of hydrogen-bond donors (Lipinski definition) is 1. The standard InChI is InChI=1S/C27H35N5O5S/c1-5-12-38-26-29-25-28-18-14-27(2,3)15-19(33)23(18)24(32(25)30-26)17-6-7-20(21(13-17)35-4)37-16-22(34)31-8-10-36-11-9-31/h6-7,13,24H,5,8-12,14-16H2,1-4H3,(H,28,29,30). The van der Waals surface area contributed by atoms with E-state index >= 15 is 0 Å². The number of nitrogens with zero attached hydrogens (tertiary/aromatic N) is 4. The number of hydrogen-bond acceptors (Lipinski definition) is 9. The summed E-state index contributed by atoms with van der Waals surface area (Å²) in [5.41, 5.74) is 2.32. The zero-order valence-electron chi connectivity index (χ0n) is 22.4. The molecule has 5 rings (SSSR count). The van der Waals surface area contributed by atoms with Crippen LogP contribution in [0.5, 0.6) is 11.5 Å². The van der Waals surface area contributed by atoms with Gasteiger partial charge in [-0.15, -0.1) is 5.10 Å². The van der Waals surface area contributed by atoms with E-state index in [1.807, 2.05) is 16.8 Å². The van der Waals surface area contributed by atoms with E-state index in [0.29, 0.717) is 60.9 Å². The summed E-state index contributed by atoms with van der Waals surface area (Å²) in [5, 5.41) is 8.88. The minimum Gasteiger partial charge on any atom is -0.493 e. The molecule has 3 heterocycles. The van der Waals surface area contributed by atoms with Crippen LogP contribution in [-0.4, -0.2) is 77.1 Å². The van der Waals surface area contributed by atoms with Gasteiger partial charge < -0.3 is 24.4 Å². The lowest BCUT2D eigenvalue weighted by Gasteiger charge is -2.38. The number of anilines is 1. The second-order valence-corrected chi connectivity index (χ2v) is 11.6. The number of ketones is 1. The third kappa shape index (κ3) is 5.40. The summed E-state index contributed by atoms with van der Waals surface area (Å²) < 4.78 is 18.7. The predicted octanol–water partition coefficient (Wildman–Crippen LogP) is 3.68. The van der Waals surface area contributed by atoms with Crippen LogP contribution in [0, 0.1) is 5.41 Å². The Hall–Kier alpha value is -3.05. The maximum Gasteiger partial charge on any atom is 0.260 e. The largest absolute Gasteiger partial charge is 0.493 e. The molecule has 2 aromatic rings. The Bertz CT molecular complexity index is 1250. The van der Waals surface area contributed by atoms with Crippen LogP contribution < -0.4 is 14.8 Å². The quantitative estimate of drug-likeness (QED) is 0.501. The van der Waals surface area contributed by atoms with Gasteiger partial charge in [0.1, 0.15) is 6.04 Å². The van der Waals surface area contributed by atoms with Crippen molar-refractivity contribution in [3.63, 3.8) is 0 Å². The van der Waals surface area contributed by atoms with Crippen LogP contribution in [0.4, 0.5) is 5.95 Å². The molecule has 1 fully saturated rings. The average Bonchev–Trinajstić information content (AvgIpc) is 3.31. The average molecular weight is 542 g/mol. The molecule has 0 radical (unpaired) electrons. The van der Waals surface area contributed by atoms with Crippen LogP contribution in [0.2, 0.25) is 0 Å². The minimum atomic E-state index is -0.439. The number of aromatic nitrogens is 3. The molecular weight excluding hydrogens is 506 g/mol. The lowest BCUT2D eigenvalue weighted by Crippen LogP contribution is -2.43. The van der Waals surface area contributed by atoms with Gasteiger partial charge in [-0.25, -0.2) is 4.68 Å². The maximum absolute atomic E-state index is 13.5. The molecule has 3 aliphatic rings. The molecule has 38 heavy (non-hydrogen) atoms. The summed E-state index contributed by atoms with van der Waals surface area (Å²) >= 11 is 1.60. The molecule has 1 N–H and O–H groups in total. The Labute approximate surface area is 227 Å². The first-order valence-electron chi connectivity index (χ1n) is 13.1. The number of carbonyl (C=O) groups is 2. The Morgan fingerprint density at radius 3 is 2.76 bits per heavy atom. The highest BCUT2D eigenvalue weighted by atomic mass is 32.2. The van der Waals surface area contributed by atoms with E-state index < -0.39 is 6.04 Å². The number of ether oxygens (including phenoxy) is 3. The van der Waals surface area contributed by atoms with Crippen LogP contribution in [-0.2, 0) is 14.3 Å². The first-order valence-corrected chi connectivity index (χ1v) is 14.1. The topological polar surface area (TPSA) is 108 Å². The monoisotopic (exact) mass is 541 g/mol. The van der Waals surface area contributed by atoms with Gasteiger partial charge in [-0.1, -0.05) is 38.6 Å². The molecule has 1 aromatic heterocycles. The summed E-state index contributed by atoms with van der Waals surface area (Å²) in [4.78, 5) is 32.5. The zero-order chi connectivity index (χ0) is 26.9. The van der Waals surface area contributed by atoms with Crippen LogP contribution >= 0.6 is 11.8 Å². The number of rotatable bonds is 8. The Morgan fingerprint density at radius 1 is 1.24 bits per heavy atom. The van der Waals surface area contributed by atoms with E-state index in [2.05, 4.69) is 26.1 Å². The molecular formula is C27H35N5O5S. The highest BCUT2D eigenvalue weighted by Crippen LogP contribution is 2.46. The third-order valence-corrected chi connectivity index (χ3v) is 8.01. The second-order valence-electron chi connectivity index (χ2n) is 10.6. The SMILES string of the molecule is CCCSc1nc2n(n1)C(c1ccc(OCC(=O)N3CCOCC3)c(OC)c1)C1=C(CC(C)(C)CC1=O)N2. The number of methoxy groups -OCH3 is 1. The molecule has 1 aliphatic carbocycles. The van der Waals surface area contributed by atoms with Gasteiger partial charge in [-0.05, 0) is 36.0 Å². The van der Waals surface area contributed by atoms with Crippen molar-refractivity contribution in [3.8, 4) is 11.5 Å². The van der Waals surface area contributed by atoms with Crippen molar-refractivity contribution in [1.82, 2.24) is 19.7 Å². The number of fused-ring (bicyclic) bond motifs is 1. The minimum absolute atomic E-state index is 0.0862. The molecule has 10 nitrogen and oxygen atoms in total. The lowest BCUT2D eigenvalue weighted by molar-refractivity contribution is -0.137. The molecule has 2 aliphatic heterocycles. The zero-order valence-corrected chi connectivity index (χ0v) is 23.2. The number of allylic oxidation sites excluding steroid dienone is 2. The van der Waals surface area contributed by atoms with E-state index in [1.54, 1.807) is 29.8 Å². The van der Waals surface area contributed by atoms with E-state index in [4.69, 9.17) is 24.3 Å². The molecule has 1 aromatic carbocycles. The molecule has 1 amide bonds. The normalized spacial score (nSPS) is 20.5. The number of nitrogens with one attached hydrogen (secondary N) is 1. The highest BCUT2D eigenvalue weighted by molar-refractivity contribution is 7.99. The number of benzene rings is 1. The summed E-state index contributed by atoms with van der Waals surface area (Å²) in [6.07, 6.45) is 2.23. The number of morpholine rings is 1. The van der Waals surface area contributed by atoms with Gasteiger partial charge in [0, 0.05) is 36.5 Å². The van der Waals surface area contributed by atoms with Crippen molar-refractivity contribution >= 4 is 29.4 Å². The summed E-state index contributed by atoms with van der Waals surface area (Å²) in [7, 11) is 1.57. The van der Waals surface area contributed by atoms with E-state index in [-0.39, 0.29) is 23.7 Å². The fourth-order valence-corrected chi connectivity index (χ4v) is 5.85. The number of Topliss-reactive ketones (excluding diaryl/α,β-unsaturated/α-hetero) is 1. The molecule has 204 valence electrons. The van der Waals surface area contributed by atoms with Crippen molar-refractivity contribution in [2.24, 2.45) is 5.41 Å². The van der Waals surface area contributed by atoms with E-state index in [1.165, 1.54) is 0 Å². The van der Waals surface area contributed by atoms with Gasteiger partial charge >= 0.3 is 0 Å². The van der Waals surface area contributed by atoms with Crippen molar-refractivity contribution in [1.29, 1.82) is 0 Å². The number of carbonyl (C=O) groups excluding carboxylic acids is 2. The molecule has 11 heteroatoms. The predicted molar refractivity (Wildman–Crippen MR) is 144 cm³/mol. The van der Waals surface area contributed by atoms with E-state index in [9.17, 15) is 9.59 Å². The maximum atomic E-state index is 13.5. The van der Waals surface area contributed by atoms with Gasteiger partial charge in [-0.3, -0.25) is 9.59 Å². The molecule has 0 saturated carbocycles. The smallest absolute Gasteiger partial charge is 0.260 e. The van der Waals surface area contributed by atoms with Gasteiger partial charge in [0.25, 0.3) is 5.91 Å². The molecule has 1 unspecified atom stereocenters. The third-order valence-electron chi connectivity index (χ3n) is 6.97. The van der Waals surface area contributed by atoms with Gasteiger partial charge in [0.05, 0.1) is 20.3 Å². The number of amides is 1. The van der Waals surface area contributed by atoms with Gasteiger partial charge in [0.15, 0.2) is 23.9 Å². The van der Waals surface area contributed by atoms with Crippen LogP contribution in [0.1, 0.15) is 51.6 Å². The van der Waals surface area contributed by atoms with Gasteiger partial charge in [-0.2, -0.15) is 4.98 Å². The Morgan fingerprint density at radius 2 is 2.03 bits per heavy atom. The van der Waals surface area contributed by atoms with Crippen molar-refractivity contribution in [3.05, 3.63) is 35.0 Å². The second kappa shape index (κ2) is 11.0. The van der Waals surface area contributed by atoms with Crippen molar-refractivity contribution in [2.45, 2.75) is 51.2 Å². The van der Waals surface area contributed by atoms with Crippen LogP contribution in [0.3, 0.4) is 0 Å². The Kier molecular flexibility index (Phi) is 7.67. The van der Waals surface area contributed by atoms with Crippen molar-refractivity contribution in [2.75, 3.05) is 51.1 Å². The fourth-order valence-electron chi connectivity index (χ4n) is 5.17. The van der Waals surface area contributed by atoms with Crippen LogP contribution in [0.15, 0.2) is 34.6 Å². The number of thioether (sulfide) groups is 1. The molecule has 0 bridgehead atoms. The molecule has 0 spiro atoms. The fraction of sp³-hybridized carbons (Fsp3) is 0.556. The first kappa shape index (κ1) is 26.6. The van der Waals surface area contributed by atoms with Gasteiger partial charge in [0.2, 0.25) is 11.1 Å². The van der Waals surface area contributed by atoms with Crippen LogP contribution in [0.25, 0.3) is 0 Å². The summed E-state index contributed by atoms with van der Waals surface area (Å²) in [6, 6.07) is 5.14. The first-order chi connectivity index (χ1) is 18.3. The summed E-state index contributed by atoms with van der Waals surface area (Å²) in [6.45, 7) is 8.46. The molecule has 1 saturated heterocycles. The Balaban J connectivity index is 1.46. The van der Waals surface area contributed by atoms with E-state index in [0.717, 1.165) is 29.9 Å². The molecule has 1 atom stereocenters. The summed E-state index contributed by atoms with van der Waals surface area (Å²) in [5.74, 6) is 2.52.